The van der Waals surface area contributed by atoms with Crippen molar-refractivity contribution in [1.29, 1.82) is 0 Å². The summed E-state index contributed by atoms with van der Waals surface area (Å²) < 4.78 is 5.10. The van der Waals surface area contributed by atoms with E-state index < -0.39 is 42.8 Å². The van der Waals surface area contributed by atoms with Crippen molar-refractivity contribution in [3.63, 3.8) is 0 Å². The second-order valence-corrected chi connectivity index (χ2v) is 5.32. The maximum atomic E-state index is 11.7. The summed E-state index contributed by atoms with van der Waals surface area (Å²) in [6, 6.07) is -1.06. The average Bonchev–Trinajstić information content (AvgIpc) is 2.96. The first-order valence-electron chi connectivity index (χ1n) is 6.90. The molecule has 11 heteroatoms. The fourth-order valence-corrected chi connectivity index (χ4v) is 2.64. The van der Waals surface area contributed by atoms with Crippen LogP contribution < -0.4 is 10.5 Å². The van der Waals surface area contributed by atoms with Gasteiger partial charge in [-0.1, -0.05) is 0 Å². The average molecular weight is 327 g/mol. The lowest BCUT2D eigenvalue weighted by Gasteiger charge is -2.43. The molecule has 2 aromatic rings. The van der Waals surface area contributed by atoms with Crippen molar-refractivity contribution in [2.45, 2.75) is 30.6 Å². The van der Waals surface area contributed by atoms with E-state index in [9.17, 15) is 20.1 Å². The molecule has 1 aliphatic heterocycles. The number of aromatic nitrogens is 4. The summed E-state index contributed by atoms with van der Waals surface area (Å²) in [5.74, 6) is 0.158. The van der Waals surface area contributed by atoms with Crippen LogP contribution in [0.25, 0.3) is 11.2 Å². The number of fused-ring (bicyclic) bond motifs is 1. The van der Waals surface area contributed by atoms with Crippen LogP contribution >= 0.6 is 0 Å². The van der Waals surface area contributed by atoms with Gasteiger partial charge >= 0.3 is 0 Å². The summed E-state index contributed by atoms with van der Waals surface area (Å²) in [4.78, 5) is 26.2. The Morgan fingerprint density at radius 1 is 1.35 bits per heavy atom. The maximum Gasteiger partial charge on any atom is 0.276 e. The van der Waals surface area contributed by atoms with Gasteiger partial charge in [0.25, 0.3) is 5.56 Å². The second-order valence-electron chi connectivity index (χ2n) is 5.32. The molecular weight excluding hydrogens is 310 g/mol. The quantitative estimate of drug-likeness (QED) is 0.341. The van der Waals surface area contributed by atoms with Crippen molar-refractivity contribution >= 4 is 17.1 Å². The number of hydrogen-bond acceptors (Lipinski definition) is 9. The molecule has 1 saturated heterocycles. The number of aliphatic hydroxyl groups is 4. The Kier molecular flexibility index (Phi) is 4.04. The summed E-state index contributed by atoms with van der Waals surface area (Å²) in [5.41, 5.74) is -0.0996. The van der Waals surface area contributed by atoms with E-state index in [1.165, 1.54) is 18.3 Å². The largest absolute Gasteiger partial charge is 0.394 e. The Labute approximate surface area is 129 Å². The Morgan fingerprint density at radius 2 is 2.09 bits per heavy atom. The minimum atomic E-state index is -1.48. The number of hydrogen-bond donors (Lipinski definition) is 6. The van der Waals surface area contributed by atoms with Gasteiger partial charge in [-0.25, -0.2) is 4.98 Å². The van der Waals surface area contributed by atoms with Crippen molar-refractivity contribution in [2.24, 2.45) is 0 Å². The molecule has 0 amide bonds. The van der Waals surface area contributed by atoms with Gasteiger partial charge in [-0.15, -0.1) is 0 Å². The number of rotatable bonds is 3. The van der Waals surface area contributed by atoms with Gasteiger partial charge in [0.15, 0.2) is 17.5 Å². The van der Waals surface area contributed by atoms with Crippen molar-refractivity contribution in [3.8, 4) is 0 Å². The van der Waals surface area contributed by atoms with Crippen molar-refractivity contribution in [3.05, 3.63) is 16.7 Å². The summed E-state index contributed by atoms with van der Waals surface area (Å²) >= 11 is 0. The fraction of sp³-hybridized carbons (Fsp3) is 0.583. The van der Waals surface area contributed by atoms with Gasteiger partial charge in [0.2, 0.25) is 5.95 Å². The molecule has 0 aromatic carbocycles. The minimum absolute atomic E-state index is 0.142. The van der Waals surface area contributed by atoms with Crippen molar-refractivity contribution in [1.82, 2.24) is 19.9 Å². The van der Waals surface area contributed by atoms with Gasteiger partial charge in [0.1, 0.15) is 24.4 Å². The third-order valence-corrected chi connectivity index (χ3v) is 3.93. The van der Waals surface area contributed by atoms with Crippen LogP contribution in [0.3, 0.4) is 0 Å². The maximum absolute atomic E-state index is 11.7. The molecule has 1 aliphatic rings. The van der Waals surface area contributed by atoms with E-state index in [-0.39, 0.29) is 17.1 Å². The van der Waals surface area contributed by atoms with Crippen LogP contribution in [-0.4, -0.2) is 84.7 Å². The Balaban J connectivity index is 1.93. The molecular formula is C12H17N5O6. The van der Waals surface area contributed by atoms with Crippen LogP contribution in [-0.2, 0) is 4.74 Å². The number of aliphatic hydroxyl groups excluding tert-OH is 4. The van der Waals surface area contributed by atoms with E-state index in [0.29, 0.717) is 0 Å². The SMILES string of the molecule is CN(c1nc2nc[nH]c(=O)c2[nH]1)[C@H]1C(O)O[C@H](CO)[C@@H](O)[C@@H]1O. The molecule has 5 atom stereocenters. The number of ether oxygens (including phenoxy) is 1. The molecule has 1 unspecified atom stereocenters. The molecule has 1 fully saturated rings. The number of anilines is 1. The second kappa shape index (κ2) is 5.86. The van der Waals surface area contributed by atoms with Gasteiger partial charge in [-0.3, -0.25) is 4.79 Å². The highest BCUT2D eigenvalue weighted by molar-refractivity contribution is 5.72. The monoisotopic (exact) mass is 327 g/mol. The molecule has 0 bridgehead atoms. The van der Waals surface area contributed by atoms with E-state index in [4.69, 9.17) is 9.84 Å². The molecule has 3 rings (SSSR count). The number of imidazole rings is 1. The zero-order chi connectivity index (χ0) is 16.7. The molecule has 2 aromatic heterocycles. The van der Waals surface area contributed by atoms with Crippen LogP contribution in [0, 0.1) is 0 Å². The Bertz CT molecular complexity index is 747. The molecule has 0 saturated carbocycles. The van der Waals surface area contributed by atoms with Crippen LogP contribution in [0.1, 0.15) is 0 Å². The van der Waals surface area contributed by atoms with E-state index in [2.05, 4.69) is 19.9 Å². The lowest BCUT2D eigenvalue weighted by molar-refractivity contribution is -0.249. The summed E-state index contributed by atoms with van der Waals surface area (Å²) in [7, 11) is 1.50. The van der Waals surface area contributed by atoms with E-state index in [1.807, 2.05) is 0 Å². The van der Waals surface area contributed by atoms with Crippen LogP contribution in [0.15, 0.2) is 11.1 Å². The number of nitrogens with one attached hydrogen (secondary N) is 2. The predicted molar refractivity (Wildman–Crippen MR) is 76.7 cm³/mol. The van der Waals surface area contributed by atoms with E-state index in [0.717, 1.165) is 0 Å². The topological polar surface area (TPSA) is 168 Å². The van der Waals surface area contributed by atoms with Crippen LogP contribution in [0.2, 0.25) is 0 Å². The van der Waals surface area contributed by atoms with Gasteiger partial charge in [0, 0.05) is 7.05 Å². The zero-order valence-electron chi connectivity index (χ0n) is 12.1. The molecule has 0 aliphatic carbocycles. The lowest BCUT2D eigenvalue weighted by atomic mass is 9.96. The summed E-state index contributed by atoms with van der Waals surface area (Å²) in [6.45, 7) is -0.546. The first-order chi connectivity index (χ1) is 10.9. The fourth-order valence-electron chi connectivity index (χ4n) is 2.64. The molecule has 126 valence electrons. The standard InChI is InChI=1S/C12H17N5O6/c1-17(6-8(20)7(19)4(2-18)23-11(6)22)12-15-5-9(16-12)13-3-14-10(5)21/h3-4,6-8,11,18-20,22H,2H2,1H3,(H2,13,14,15,16,21)/t4-,6-,7-,8-,11?/m1/s1. The smallest absolute Gasteiger partial charge is 0.276 e. The molecule has 0 radical (unpaired) electrons. The predicted octanol–water partition coefficient (Wildman–Crippen LogP) is -3.12. The number of likely N-dealkylation sites (N-methyl/N-ethyl adjacent to an activating group) is 1. The molecule has 6 N–H and O–H groups in total. The number of aromatic amines is 2. The van der Waals surface area contributed by atoms with Gasteiger partial charge in [0.05, 0.1) is 12.9 Å². The molecule has 11 nitrogen and oxygen atoms in total. The first kappa shape index (κ1) is 15.8. The minimum Gasteiger partial charge on any atom is -0.394 e. The van der Waals surface area contributed by atoms with E-state index in [1.54, 1.807) is 0 Å². The van der Waals surface area contributed by atoms with Gasteiger partial charge < -0.3 is 40.0 Å². The summed E-state index contributed by atoms with van der Waals surface area (Å²) in [6.07, 6.45) is -4.15. The Morgan fingerprint density at radius 3 is 2.74 bits per heavy atom. The van der Waals surface area contributed by atoms with Crippen LogP contribution in [0.4, 0.5) is 5.95 Å². The highest BCUT2D eigenvalue weighted by atomic mass is 16.6. The number of H-pyrrole nitrogens is 2. The molecule has 23 heavy (non-hydrogen) atoms. The third kappa shape index (κ3) is 2.58. The van der Waals surface area contributed by atoms with E-state index >= 15 is 0 Å². The first-order valence-corrected chi connectivity index (χ1v) is 6.90. The molecule has 0 spiro atoms. The lowest BCUT2D eigenvalue weighted by Crippen LogP contribution is -2.63. The number of nitrogens with zero attached hydrogens (tertiary/aromatic N) is 3. The highest BCUT2D eigenvalue weighted by Crippen LogP contribution is 2.26. The molecule has 3 heterocycles. The Hall–Kier alpha value is -2.05. The highest BCUT2D eigenvalue weighted by Gasteiger charge is 2.46. The third-order valence-electron chi connectivity index (χ3n) is 3.93. The van der Waals surface area contributed by atoms with Gasteiger partial charge in [-0.2, -0.15) is 4.98 Å². The van der Waals surface area contributed by atoms with Gasteiger partial charge in [-0.05, 0) is 0 Å². The van der Waals surface area contributed by atoms with Crippen molar-refractivity contribution in [2.75, 3.05) is 18.6 Å². The van der Waals surface area contributed by atoms with Crippen molar-refractivity contribution < 1.29 is 25.2 Å². The van der Waals surface area contributed by atoms with Crippen LogP contribution in [0.5, 0.6) is 0 Å². The zero-order valence-corrected chi connectivity index (χ0v) is 12.1. The summed E-state index contributed by atoms with van der Waals surface area (Å²) in [5, 5.41) is 39.3. The normalized spacial score (nSPS) is 31.4.